The molecule has 6 nitrogen and oxygen atoms in total. The van der Waals surface area contributed by atoms with E-state index in [1.54, 1.807) is 29.4 Å². The molecule has 2 amide bonds. The van der Waals surface area contributed by atoms with Crippen molar-refractivity contribution >= 4 is 12.0 Å². The molecule has 1 unspecified atom stereocenters. The van der Waals surface area contributed by atoms with Gasteiger partial charge in [0.05, 0.1) is 0 Å². The van der Waals surface area contributed by atoms with Crippen molar-refractivity contribution in [3.63, 3.8) is 0 Å². The summed E-state index contributed by atoms with van der Waals surface area (Å²) in [6.45, 7) is 1.09. The van der Waals surface area contributed by atoms with Crippen LogP contribution >= 0.6 is 0 Å². The second-order valence-corrected chi connectivity index (χ2v) is 5.84. The lowest BCUT2D eigenvalue weighted by Crippen LogP contribution is -2.50. The Morgan fingerprint density at radius 2 is 1.88 bits per heavy atom. The molecule has 2 heterocycles. The minimum absolute atomic E-state index is 0.230. The van der Waals surface area contributed by atoms with E-state index in [4.69, 9.17) is 0 Å². The van der Waals surface area contributed by atoms with Crippen LogP contribution in [0.4, 0.5) is 4.79 Å². The van der Waals surface area contributed by atoms with Crippen molar-refractivity contribution in [3.8, 4) is 0 Å². The summed E-state index contributed by atoms with van der Waals surface area (Å²) in [7, 11) is 0. The second-order valence-electron chi connectivity index (χ2n) is 5.84. The number of carboxylic acids is 1. The maximum absolute atomic E-state index is 12.5. The van der Waals surface area contributed by atoms with Crippen LogP contribution in [0.3, 0.4) is 0 Å². The molecule has 3 rings (SSSR count). The maximum atomic E-state index is 12.5. The third-order valence-electron chi connectivity index (χ3n) is 4.20. The normalized spacial score (nSPS) is 14.6. The number of fused-ring (bicyclic) bond motifs is 1. The van der Waals surface area contributed by atoms with Crippen molar-refractivity contribution < 1.29 is 14.7 Å². The van der Waals surface area contributed by atoms with E-state index in [1.807, 2.05) is 18.2 Å². The molecule has 0 saturated heterocycles. The van der Waals surface area contributed by atoms with E-state index in [0.717, 1.165) is 17.5 Å². The second kappa shape index (κ2) is 7.12. The minimum atomic E-state index is -1.04. The molecule has 0 saturated carbocycles. The Morgan fingerprint density at radius 1 is 1.17 bits per heavy atom. The molecule has 24 heavy (non-hydrogen) atoms. The SMILES string of the molecule is O=C(O)C(Cc1ccncc1)NC(=O)N1CCc2ccccc2C1. The number of carbonyl (C=O) groups is 2. The number of nitrogens with one attached hydrogen (secondary N) is 1. The van der Waals surface area contributed by atoms with Gasteiger partial charge >= 0.3 is 12.0 Å². The number of aliphatic carboxylic acids is 1. The van der Waals surface area contributed by atoms with Crippen molar-refractivity contribution in [1.29, 1.82) is 0 Å². The summed E-state index contributed by atoms with van der Waals surface area (Å²) < 4.78 is 0. The molecule has 0 fully saturated rings. The Kier molecular flexibility index (Phi) is 4.74. The van der Waals surface area contributed by atoms with Crippen molar-refractivity contribution in [2.75, 3.05) is 6.54 Å². The number of aromatic nitrogens is 1. The summed E-state index contributed by atoms with van der Waals surface area (Å²) >= 11 is 0. The molecule has 6 heteroatoms. The van der Waals surface area contributed by atoms with Crippen LogP contribution in [-0.4, -0.2) is 39.6 Å². The highest BCUT2D eigenvalue weighted by molar-refractivity contribution is 5.83. The topological polar surface area (TPSA) is 82.5 Å². The van der Waals surface area contributed by atoms with Gasteiger partial charge in [0.2, 0.25) is 0 Å². The molecular weight excluding hydrogens is 306 g/mol. The number of amides is 2. The number of nitrogens with zero attached hydrogens (tertiary/aromatic N) is 2. The van der Waals surface area contributed by atoms with Gasteiger partial charge in [-0.05, 0) is 35.2 Å². The minimum Gasteiger partial charge on any atom is -0.480 e. The fraction of sp³-hybridized carbons (Fsp3) is 0.278. The number of carbonyl (C=O) groups excluding carboxylic acids is 1. The lowest BCUT2D eigenvalue weighted by atomic mass is 10.0. The molecule has 0 aliphatic carbocycles. The first-order valence-corrected chi connectivity index (χ1v) is 7.87. The number of carboxylic acid groups (broad SMARTS) is 1. The Morgan fingerprint density at radius 3 is 2.58 bits per heavy atom. The average Bonchev–Trinajstić information content (AvgIpc) is 2.61. The van der Waals surface area contributed by atoms with E-state index in [2.05, 4.69) is 16.4 Å². The van der Waals surface area contributed by atoms with E-state index in [9.17, 15) is 14.7 Å². The predicted octanol–water partition coefficient (Wildman–Crippen LogP) is 1.85. The van der Waals surface area contributed by atoms with Gasteiger partial charge in [-0.3, -0.25) is 4.98 Å². The van der Waals surface area contributed by atoms with Crippen LogP contribution in [0.2, 0.25) is 0 Å². The van der Waals surface area contributed by atoms with E-state index >= 15 is 0 Å². The molecule has 2 aromatic rings. The Bertz CT molecular complexity index is 733. The number of pyridine rings is 1. The van der Waals surface area contributed by atoms with Crippen LogP contribution in [-0.2, 0) is 24.2 Å². The van der Waals surface area contributed by atoms with Crippen LogP contribution in [0.5, 0.6) is 0 Å². The number of benzene rings is 1. The number of rotatable bonds is 4. The number of hydrogen-bond acceptors (Lipinski definition) is 3. The number of urea groups is 1. The van der Waals surface area contributed by atoms with Gasteiger partial charge in [0.15, 0.2) is 0 Å². The van der Waals surface area contributed by atoms with Gasteiger partial charge in [-0.15, -0.1) is 0 Å². The molecule has 1 aliphatic rings. The zero-order valence-electron chi connectivity index (χ0n) is 13.2. The molecule has 124 valence electrons. The summed E-state index contributed by atoms with van der Waals surface area (Å²) in [6.07, 6.45) is 4.23. The van der Waals surface area contributed by atoms with Crippen molar-refractivity contribution in [3.05, 3.63) is 65.5 Å². The molecule has 2 N–H and O–H groups in total. The fourth-order valence-electron chi connectivity index (χ4n) is 2.86. The molecule has 1 aliphatic heterocycles. The summed E-state index contributed by atoms with van der Waals surface area (Å²) in [5, 5.41) is 12.0. The lowest BCUT2D eigenvalue weighted by molar-refractivity contribution is -0.139. The van der Waals surface area contributed by atoms with Gasteiger partial charge in [-0.25, -0.2) is 9.59 Å². The summed E-state index contributed by atoms with van der Waals surface area (Å²) in [4.78, 5) is 29.5. The average molecular weight is 325 g/mol. The predicted molar refractivity (Wildman–Crippen MR) is 88.5 cm³/mol. The van der Waals surface area contributed by atoms with Crippen molar-refractivity contribution in [1.82, 2.24) is 15.2 Å². The van der Waals surface area contributed by atoms with Crippen LogP contribution in [0.15, 0.2) is 48.8 Å². The van der Waals surface area contributed by atoms with Crippen molar-refractivity contribution in [2.45, 2.75) is 25.4 Å². The Balaban J connectivity index is 1.65. The lowest BCUT2D eigenvalue weighted by Gasteiger charge is -2.30. The first-order valence-electron chi connectivity index (χ1n) is 7.87. The zero-order chi connectivity index (χ0) is 16.9. The van der Waals surface area contributed by atoms with Gasteiger partial charge in [-0.2, -0.15) is 0 Å². The Labute approximate surface area is 140 Å². The molecule has 0 radical (unpaired) electrons. The molecule has 1 aromatic heterocycles. The smallest absolute Gasteiger partial charge is 0.326 e. The molecule has 1 aromatic carbocycles. The monoisotopic (exact) mass is 325 g/mol. The first kappa shape index (κ1) is 16.0. The molecular formula is C18H19N3O3. The highest BCUT2D eigenvalue weighted by atomic mass is 16.4. The van der Waals surface area contributed by atoms with Crippen LogP contribution in [0.1, 0.15) is 16.7 Å². The van der Waals surface area contributed by atoms with Gasteiger partial charge in [0.1, 0.15) is 6.04 Å². The highest BCUT2D eigenvalue weighted by Crippen LogP contribution is 2.18. The third-order valence-corrected chi connectivity index (χ3v) is 4.20. The standard InChI is InChI=1S/C18H19N3O3/c22-17(23)16(11-13-5-8-19-9-6-13)20-18(24)21-10-7-14-3-1-2-4-15(14)12-21/h1-6,8-9,16H,7,10-12H2,(H,20,24)(H,22,23). The van der Waals surface area contributed by atoms with Gasteiger partial charge in [0, 0.05) is 31.9 Å². The molecule has 1 atom stereocenters. The molecule has 0 bridgehead atoms. The highest BCUT2D eigenvalue weighted by Gasteiger charge is 2.25. The van der Waals surface area contributed by atoms with E-state index in [-0.39, 0.29) is 12.5 Å². The van der Waals surface area contributed by atoms with Crippen LogP contribution in [0.25, 0.3) is 0 Å². The summed E-state index contributed by atoms with van der Waals surface area (Å²) in [5.41, 5.74) is 3.18. The van der Waals surface area contributed by atoms with E-state index < -0.39 is 12.0 Å². The van der Waals surface area contributed by atoms with Crippen LogP contribution in [0, 0.1) is 0 Å². The number of hydrogen-bond donors (Lipinski definition) is 2. The molecule has 0 spiro atoms. The van der Waals surface area contributed by atoms with E-state index in [0.29, 0.717) is 13.1 Å². The van der Waals surface area contributed by atoms with Gasteiger partial charge in [0.25, 0.3) is 0 Å². The van der Waals surface area contributed by atoms with E-state index in [1.165, 1.54) is 5.56 Å². The van der Waals surface area contributed by atoms with Crippen LogP contribution < -0.4 is 5.32 Å². The fourth-order valence-corrected chi connectivity index (χ4v) is 2.86. The quantitative estimate of drug-likeness (QED) is 0.899. The summed E-state index contributed by atoms with van der Waals surface area (Å²) in [6, 6.07) is 10.2. The zero-order valence-corrected chi connectivity index (χ0v) is 13.2. The largest absolute Gasteiger partial charge is 0.480 e. The van der Waals surface area contributed by atoms with Crippen molar-refractivity contribution in [2.24, 2.45) is 0 Å². The maximum Gasteiger partial charge on any atom is 0.326 e. The van der Waals surface area contributed by atoms with Gasteiger partial charge in [-0.1, -0.05) is 24.3 Å². The van der Waals surface area contributed by atoms with Gasteiger partial charge < -0.3 is 15.3 Å². The summed E-state index contributed by atoms with van der Waals surface area (Å²) in [5.74, 6) is -1.04. The Hall–Kier alpha value is -2.89. The third kappa shape index (κ3) is 3.71. The first-order chi connectivity index (χ1) is 11.6.